The number of pyridine rings is 1. The van der Waals surface area contributed by atoms with Gasteiger partial charge < -0.3 is 4.74 Å². The number of hydrogen-bond acceptors (Lipinski definition) is 2. The molecular formula is C13H8ClF4NO. The van der Waals surface area contributed by atoms with E-state index < -0.39 is 17.6 Å². The van der Waals surface area contributed by atoms with Gasteiger partial charge in [0.05, 0.1) is 18.4 Å². The highest BCUT2D eigenvalue weighted by molar-refractivity contribution is 6.29. The van der Waals surface area contributed by atoms with Gasteiger partial charge in [0.25, 0.3) is 0 Å². The summed E-state index contributed by atoms with van der Waals surface area (Å²) in [5.74, 6) is -0.702. The van der Waals surface area contributed by atoms with Gasteiger partial charge in [-0.15, -0.1) is 0 Å². The van der Waals surface area contributed by atoms with Gasteiger partial charge in [-0.25, -0.2) is 9.37 Å². The minimum atomic E-state index is -4.55. The first-order valence-electron chi connectivity index (χ1n) is 5.40. The van der Waals surface area contributed by atoms with Crippen LogP contribution in [0.4, 0.5) is 17.6 Å². The Bertz CT molecular complexity index is 643. The van der Waals surface area contributed by atoms with E-state index in [9.17, 15) is 17.6 Å². The lowest BCUT2D eigenvalue weighted by Gasteiger charge is -2.10. The van der Waals surface area contributed by atoms with Crippen molar-refractivity contribution in [1.82, 2.24) is 4.98 Å². The summed E-state index contributed by atoms with van der Waals surface area (Å²) in [6.45, 7) is 0. The molecular weight excluding hydrogens is 298 g/mol. The van der Waals surface area contributed by atoms with Crippen LogP contribution < -0.4 is 4.74 Å². The second-order valence-corrected chi connectivity index (χ2v) is 4.30. The molecule has 0 spiro atoms. The van der Waals surface area contributed by atoms with Gasteiger partial charge in [0.15, 0.2) is 11.6 Å². The van der Waals surface area contributed by atoms with Crippen LogP contribution in [0.2, 0.25) is 5.15 Å². The summed E-state index contributed by atoms with van der Waals surface area (Å²) in [6, 6.07) is 5.27. The molecule has 1 heterocycles. The van der Waals surface area contributed by atoms with Gasteiger partial charge in [0, 0.05) is 5.56 Å². The first kappa shape index (κ1) is 14.6. The number of halogens is 5. The van der Waals surface area contributed by atoms with E-state index in [1.807, 2.05) is 0 Å². The molecule has 0 aliphatic heterocycles. The zero-order chi connectivity index (χ0) is 14.9. The van der Waals surface area contributed by atoms with Gasteiger partial charge in [-0.2, -0.15) is 13.2 Å². The summed E-state index contributed by atoms with van der Waals surface area (Å²) in [6.07, 6.45) is -4.55. The maximum atomic E-state index is 13.6. The minimum absolute atomic E-state index is 0.00757. The number of benzene rings is 1. The molecule has 0 saturated carbocycles. The van der Waals surface area contributed by atoms with Crippen LogP contribution in [0, 0.1) is 5.82 Å². The molecule has 0 aliphatic rings. The Kier molecular flexibility index (Phi) is 3.85. The van der Waals surface area contributed by atoms with E-state index in [2.05, 4.69) is 4.98 Å². The molecule has 2 aromatic rings. The van der Waals surface area contributed by atoms with Gasteiger partial charge in [-0.3, -0.25) is 0 Å². The lowest BCUT2D eigenvalue weighted by Crippen LogP contribution is -2.05. The molecule has 0 saturated heterocycles. The molecule has 0 N–H and O–H groups in total. The second kappa shape index (κ2) is 5.28. The molecule has 2 nitrogen and oxygen atoms in total. The lowest BCUT2D eigenvalue weighted by molar-refractivity contribution is -0.137. The SMILES string of the molecule is COc1ccc(-c2cc(C(F)(F)F)cc(Cl)n2)cc1F. The second-order valence-electron chi connectivity index (χ2n) is 3.91. The summed E-state index contributed by atoms with van der Waals surface area (Å²) >= 11 is 5.57. The van der Waals surface area contributed by atoms with E-state index in [0.29, 0.717) is 6.07 Å². The fraction of sp³-hybridized carbons (Fsp3) is 0.154. The maximum Gasteiger partial charge on any atom is 0.416 e. The summed E-state index contributed by atoms with van der Waals surface area (Å²) < 4.78 is 56.3. The van der Waals surface area contributed by atoms with E-state index in [4.69, 9.17) is 16.3 Å². The summed E-state index contributed by atoms with van der Waals surface area (Å²) in [4.78, 5) is 3.77. The third kappa shape index (κ3) is 3.01. The van der Waals surface area contributed by atoms with Crippen LogP contribution in [0.15, 0.2) is 30.3 Å². The van der Waals surface area contributed by atoms with Crippen LogP contribution in [0.25, 0.3) is 11.3 Å². The zero-order valence-electron chi connectivity index (χ0n) is 10.1. The van der Waals surface area contributed by atoms with Crippen molar-refractivity contribution in [3.63, 3.8) is 0 Å². The van der Waals surface area contributed by atoms with Crippen LogP contribution in [-0.2, 0) is 6.18 Å². The van der Waals surface area contributed by atoms with Crippen molar-refractivity contribution >= 4 is 11.6 Å². The van der Waals surface area contributed by atoms with Gasteiger partial charge >= 0.3 is 6.18 Å². The highest BCUT2D eigenvalue weighted by atomic mass is 35.5. The van der Waals surface area contributed by atoms with Crippen LogP contribution in [0.3, 0.4) is 0 Å². The average molecular weight is 306 g/mol. The van der Waals surface area contributed by atoms with Crippen molar-refractivity contribution in [2.24, 2.45) is 0 Å². The standard InChI is InChI=1S/C13H8ClF4NO/c1-20-11-3-2-7(4-9(11)15)10-5-8(13(16,17)18)6-12(14)19-10/h2-6H,1H3. The van der Waals surface area contributed by atoms with Crippen molar-refractivity contribution in [1.29, 1.82) is 0 Å². The summed E-state index contributed by atoms with van der Waals surface area (Å²) in [5, 5.41) is -0.314. The van der Waals surface area contributed by atoms with E-state index in [-0.39, 0.29) is 22.2 Å². The molecule has 1 aromatic heterocycles. The van der Waals surface area contributed by atoms with Gasteiger partial charge in [-0.1, -0.05) is 11.6 Å². The number of methoxy groups -OCH3 is 1. The first-order chi connectivity index (χ1) is 9.31. The Hall–Kier alpha value is -1.82. The van der Waals surface area contributed by atoms with Crippen LogP contribution in [0.5, 0.6) is 5.75 Å². The van der Waals surface area contributed by atoms with Crippen LogP contribution in [-0.4, -0.2) is 12.1 Å². The van der Waals surface area contributed by atoms with Crippen LogP contribution in [0.1, 0.15) is 5.56 Å². The number of ether oxygens (including phenoxy) is 1. The van der Waals surface area contributed by atoms with Crippen molar-refractivity contribution in [3.05, 3.63) is 46.9 Å². The molecule has 0 aliphatic carbocycles. The van der Waals surface area contributed by atoms with Crippen molar-refractivity contribution in [3.8, 4) is 17.0 Å². The molecule has 7 heteroatoms. The molecule has 0 unspecified atom stereocenters. The van der Waals surface area contributed by atoms with Crippen LogP contribution >= 0.6 is 11.6 Å². The van der Waals surface area contributed by atoms with E-state index >= 15 is 0 Å². The molecule has 0 atom stereocenters. The molecule has 0 bridgehead atoms. The van der Waals surface area contributed by atoms with Crippen molar-refractivity contribution in [2.75, 3.05) is 7.11 Å². The molecule has 1 aromatic carbocycles. The fourth-order valence-corrected chi connectivity index (χ4v) is 1.84. The summed E-state index contributed by atoms with van der Waals surface area (Å²) in [5.41, 5.74) is -0.827. The third-order valence-electron chi connectivity index (χ3n) is 2.57. The van der Waals surface area contributed by atoms with E-state index in [1.165, 1.54) is 19.2 Å². The Labute approximate surface area is 117 Å². The molecule has 0 radical (unpaired) electrons. The number of nitrogens with zero attached hydrogens (tertiary/aromatic N) is 1. The molecule has 2 rings (SSSR count). The number of hydrogen-bond donors (Lipinski definition) is 0. The summed E-state index contributed by atoms with van der Waals surface area (Å²) in [7, 11) is 1.29. The highest BCUT2D eigenvalue weighted by Crippen LogP contribution is 2.34. The normalized spacial score (nSPS) is 11.5. The highest BCUT2D eigenvalue weighted by Gasteiger charge is 2.31. The average Bonchev–Trinajstić information content (AvgIpc) is 2.37. The van der Waals surface area contributed by atoms with Crippen molar-refractivity contribution in [2.45, 2.75) is 6.18 Å². The largest absolute Gasteiger partial charge is 0.494 e. The van der Waals surface area contributed by atoms with E-state index in [0.717, 1.165) is 12.1 Å². The predicted molar refractivity (Wildman–Crippen MR) is 66.2 cm³/mol. The monoisotopic (exact) mass is 305 g/mol. The number of alkyl halides is 3. The molecule has 20 heavy (non-hydrogen) atoms. The third-order valence-corrected chi connectivity index (χ3v) is 2.76. The molecule has 0 amide bonds. The predicted octanol–water partition coefficient (Wildman–Crippen LogP) is 4.57. The fourth-order valence-electron chi connectivity index (χ4n) is 1.63. The van der Waals surface area contributed by atoms with Gasteiger partial charge in [0.2, 0.25) is 0 Å². The Morgan fingerprint density at radius 3 is 2.40 bits per heavy atom. The van der Waals surface area contributed by atoms with Gasteiger partial charge in [0.1, 0.15) is 5.15 Å². The zero-order valence-corrected chi connectivity index (χ0v) is 10.9. The molecule has 0 fully saturated rings. The Morgan fingerprint density at radius 1 is 1.15 bits per heavy atom. The molecule has 106 valence electrons. The first-order valence-corrected chi connectivity index (χ1v) is 5.78. The smallest absolute Gasteiger partial charge is 0.416 e. The van der Waals surface area contributed by atoms with Gasteiger partial charge in [-0.05, 0) is 30.3 Å². The number of rotatable bonds is 2. The van der Waals surface area contributed by atoms with E-state index in [1.54, 1.807) is 0 Å². The maximum absolute atomic E-state index is 13.6. The Balaban J connectivity index is 2.53. The quantitative estimate of drug-likeness (QED) is 0.599. The van der Waals surface area contributed by atoms with Crippen molar-refractivity contribution < 1.29 is 22.3 Å². The minimum Gasteiger partial charge on any atom is -0.494 e. The lowest BCUT2D eigenvalue weighted by atomic mass is 10.1. The topological polar surface area (TPSA) is 22.1 Å². The number of aromatic nitrogens is 1. The Morgan fingerprint density at radius 2 is 1.85 bits per heavy atom.